The highest BCUT2D eigenvalue weighted by molar-refractivity contribution is 7.85. The first-order valence-corrected chi connectivity index (χ1v) is 27.5. The van der Waals surface area contributed by atoms with Crippen LogP contribution in [0.1, 0.15) is 206 Å². The van der Waals surface area contributed by atoms with Crippen molar-refractivity contribution < 1.29 is 56.8 Å². The van der Waals surface area contributed by atoms with Crippen molar-refractivity contribution in [2.24, 2.45) is 0 Å². The van der Waals surface area contributed by atoms with E-state index in [9.17, 15) is 37.9 Å². The molecule has 0 aromatic heterocycles. The van der Waals surface area contributed by atoms with Gasteiger partial charge in [0.2, 0.25) is 0 Å². The standard InChI is InChI=1S/C53H92O12S/c1-3-5-7-9-11-13-15-17-19-21-22-23-24-26-27-29-31-33-35-37-39-41-48(54)62-43-46(44-63-53-52(58)51(57)50(56)47(65-53)45-66(59,60)61)64-49(55)42-40-38-36-34-32-30-28-25-20-18-16-14-12-10-8-6-4-2/h8,10,14,16-17,19-20,25,30,32,46-47,50-53,56-58H,3-7,9,11-13,15,18,21-24,26-29,31,33-45H2,1-2H3,(H,59,60,61)/b10-8+,16-14+,19-17+,25-20+,32-30+/t46-,47-,50-,51?,52?,53+/m1/s1. The molecule has 1 aliphatic heterocycles. The van der Waals surface area contributed by atoms with Crippen LogP contribution in [0.25, 0.3) is 0 Å². The van der Waals surface area contributed by atoms with E-state index in [2.05, 4.69) is 74.6 Å². The Kier molecular flexibility index (Phi) is 39.5. The molecule has 0 aromatic rings. The topological polar surface area (TPSA) is 186 Å². The molecule has 382 valence electrons. The number of aliphatic hydroxyl groups excluding tert-OH is 3. The maximum absolute atomic E-state index is 12.9. The summed E-state index contributed by atoms with van der Waals surface area (Å²) in [4.78, 5) is 25.5. The second kappa shape index (κ2) is 42.5. The fraction of sp³-hybridized carbons (Fsp3) is 0.774. The summed E-state index contributed by atoms with van der Waals surface area (Å²) in [6.07, 6.45) is 44.0. The van der Waals surface area contributed by atoms with Crippen LogP contribution >= 0.6 is 0 Å². The lowest BCUT2D eigenvalue weighted by atomic mass is 10.00. The molecule has 1 saturated heterocycles. The van der Waals surface area contributed by atoms with Gasteiger partial charge in [-0.2, -0.15) is 8.42 Å². The molecule has 1 aliphatic rings. The van der Waals surface area contributed by atoms with Gasteiger partial charge in [-0.1, -0.05) is 177 Å². The molecule has 1 fully saturated rings. The van der Waals surface area contributed by atoms with Gasteiger partial charge in [-0.15, -0.1) is 0 Å². The number of rotatable bonds is 43. The van der Waals surface area contributed by atoms with Crippen LogP contribution in [0, 0.1) is 0 Å². The van der Waals surface area contributed by atoms with Gasteiger partial charge in [0, 0.05) is 12.8 Å². The van der Waals surface area contributed by atoms with Gasteiger partial charge in [-0.3, -0.25) is 14.1 Å². The SMILES string of the molecule is CCC/C=C/C/C=C/C/C=C/C/C=C/CCCCCC(=O)O[C@H](COC(=O)CCCCCCCCCCCCC/C=C/CCCCCCCC)CO[C@H]1O[C@H](CS(=O)(=O)O)[C@@H](O)C(O)C1O. The van der Waals surface area contributed by atoms with Gasteiger partial charge in [0.1, 0.15) is 36.8 Å². The van der Waals surface area contributed by atoms with Crippen LogP contribution in [-0.4, -0.2) is 96.0 Å². The number of hydrogen-bond acceptors (Lipinski definition) is 11. The molecule has 1 heterocycles. The van der Waals surface area contributed by atoms with E-state index in [0.717, 1.165) is 64.2 Å². The third-order valence-corrected chi connectivity index (χ3v) is 12.3. The number of hydrogen-bond donors (Lipinski definition) is 4. The zero-order valence-electron chi connectivity index (χ0n) is 41.0. The van der Waals surface area contributed by atoms with E-state index in [-0.39, 0.29) is 19.4 Å². The van der Waals surface area contributed by atoms with Crippen LogP contribution in [0.4, 0.5) is 0 Å². The van der Waals surface area contributed by atoms with Gasteiger partial charge in [-0.05, 0) is 77.0 Å². The normalized spacial score (nSPS) is 19.9. The first-order chi connectivity index (χ1) is 32.0. The molecule has 6 atom stereocenters. The lowest BCUT2D eigenvalue weighted by molar-refractivity contribution is -0.297. The smallest absolute Gasteiger partial charge is 0.306 e. The van der Waals surface area contributed by atoms with E-state index in [1.54, 1.807) is 0 Å². The maximum atomic E-state index is 12.9. The summed E-state index contributed by atoms with van der Waals surface area (Å²) in [5, 5.41) is 31.0. The van der Waals surface area contributed by atoms with Crippen molar-refractivity contribution in [3.05, 3.63) is 60.8 Å². The van der Waals surface area contributed by atoms with Gasteiger partial charge in [0.05, 0.1) is 6.61 Å². The van der Waals surface area contributed by atoms with Gasteiger partial charge < -0.3 is 34.3 Å². The average Bonchev–Trinajstić information content (AvgIpc) is 3.28. The molecule has 0 saturated carbocycles. The number of allylic oxidation sites excluding steroid dienone is 10. The minimum atomic E-state index is -4.61. The first kappa shape index (κ1) is 61.4. The number of esters is 2. The van der Waals surface area contributed by atoms with Crippen molar-refractivity contribution in [1.82, 2.24) is 0 Å². The Labute approximate surface area is 400 Å². The number of carbonyl (C=O) groups excluding carboxylic acids is 2. The van der Waals surface area contributed by atoms with Gasteiger partial charge in [0.25, 0.3) is 10.1 Å². The molecule has 0 bridgehead atoms. The highest BCUT2D eigenvalue weighted by Gasteiger charge is 2.46. The van der Waals surface area contributed by atoms with Crippen LogP contribution in [0.2, 0.25) is 0 Å². The lowest BCUT2D eigenvalue weighted by Crippen LogP contribution is -2.60. The van der Waals surface area contributed by atoms with Crippen LogP contribution in [0.15, 0.2) is 60.8 Å². The quantitative estimate of drug-likeness (QED) is 0.0196. The fourth-order valence-electron chi connectivity index (χ4n) is 7.55. The second-order valence-corrected chi connectivity index (χ2v) is 19.3. The van der Waals surface area contributed by atoms with Gasteiger partial charge in [-0.25, -0.2) is 0 Å². The fourth-order valence-corrected chi connectivity index (χ4v) is 8.24. The number of unbranched alkanes of at least 4 members (excludes halogenated alkanes) is 21. The number of carbonyl (C=O) groups is 2. The zero-order valence-corrected chi connectivity index (χ0v) is 41.9. The van der Waals surface area contributed by atoms with Crippen LogP contribution in [-0.2, 0) is 38.7 Å². The van der Waals surface area contributed by atoms with Crippen LogP contribution in [0.5, 0.6) is 0 Å². The van der Waals surface area contributed by atoms with E-state index in [0.29, 0.717) is 12.8 Å². The summed E-state index contributed by atoms with van der Waals surface area (Å²) in [6, 6.07) is 0. The second-order valence-electron chi connectivity index (χ2n) is 17.8. The first-order valence-electron chi connectivity index (χ1n) is 25.8. The van der Waals surface area contributed by atoms with Crippen molar-refractivity contribution >= 4 is 22.1 Å². The van der Waals surface area contributed by atoms with Crippen molar-refractivity contribution in [2.45, 2.75) is 243 Å². The van der Waals surface area contributed by atoms with Crippen molar-refractivity contribution in [3.8, 4) is 0 Å². The molecule has 0 radical (unpaired) electrons. The Balaban J connectivity index is 2.39. The summed E-state index contributed by atoms with van der Waals surface area (Å²) in [7, 11) is -4.61. The minimum absolute atomic E-state index is 0.125. The number of ether oxygens (including phenoxy) is 4. The summed E-state index contributed by atoms with van der Waals surface area (Å²) in [6.45, 7) is 3.68. The van der Waals surface area contributed by atoms with E-state index in [1.165, 1.54) is 103 Å². The molecule has 0 amide bonds. The van der Waals surface area contributed by atoms with Crippen molar-refractivity contribution in [2.75, 3.05) is 19.0 Å². The van der Waals surface area contributed by atoms with E-state index in [1.807, 2.05) is 0 Å². The maximum Gasteiger partial charge on any atom is 0.306 e. The minimum Gasteiger partial charge on any atom is -0.462 e. The highest BCUT2D eigenvalue weighted by atomic mass is 32.2. The summed E-state index contributed by atoms with van der Waals surface area (Å²) in [5.74, 6) is -2.03. The molecule has 0 aromatic carbocycles. The van der Waals surface area contributed by atoms with Gasteiger partial charge >= 0.3 is 11.9 Å². The third-order valence-electron chi connectivity index (χ3n) is 11.6. The Morgan fingerprint density at radius 1 is 0.515 bits per heavy atom. The average molecular weight is 953 g/mol. The number of aliphatic hydroxyl groups is 3. The molecular weight excluding hydrogens is 861 g/mol. The Morgan fingerprint density at radius 2 is 0.939 bits per heavy atom. The largest absolute Gasteiger partial charge is 0.462 e. The predicted molar refractivity (Wildman–Crippen MR) is 265 cm³/mol. The van der Waals surface area contributed by atoms with Crippen LogP contribution in [0.3, 0.4) is 0 Å². The van der Waals surface area contributed by atoms with E-state index >= 15 is 0 Å². The van der Waals surface area contributed by atoms with Crippen molar-refractivity contribution in [1.29, 1.82) is 0 Å². The zero-order chi connectivity index (χ0) is 48.4. The monoisotopic (exact) mass is 953 g/mol. The van der Waals surface area contributed by atoms with E-state index < -0.39 is 71.2 Å². The summed E-state index contributed by atoms with van der Waals surface area (Å²) in [5.41, 5.74) is 0. The Hall–Kier alpha value is -2.65. The molecule has 0 spiro atoms. The molecule has 0 aliphatic carbocycles. The Bertz CT molecular complexity index is 1440. The molecular formula is C53H92O12S. The summed E-state index contributed by atoms with van der Waals surface area (Å²) < 4.78 is 54.2. The third kappa shape index (κ3) is 36.4. The predicted octanol–water partition coefficient (Wildman–Crippen LogP) is 11.7. The van der Waals surface area contributed by atoms with Gasteiger partial charge in [0.15, 0.2) is 12.4 Å². The molecule has 4 N–H and O–H groups in total. The molecule has 66 heavy (non-hydrogen) atoms. The lowest BCUT2D eigenvalue weighted by Gasteiger charge is -2.40. The molecule has 13 heteroatoms. The molecule has 12 nitrogen and oxygen atoms in total. The highest BCUT2D eigenvalue weighted by Crippen LogP contribution is 2.24. The van der Waals surface area contributed by atoms with Crippen LogP contribution < -0.4 is 0 Å². The Morgan fingerprint density at radius 3 is 1.44 bits per heavy atom. The van der Waals surface area contributed by atoms with E-state index in [4.69, 9.17) is 18.9 Å². The summed E-state index contributed by atoms with van der Waals surface area (Å²) >= 11 is 0. The molecule has 1 rings (SSSR count). The molecule has 2 unspecified atom stereocenters. The van der Waals surface area contributed by atoms with Crippen molar-refractivity contribution in [3.63, 3.8) is 0 Å².